The molecule has 0 aliphatic carbocycles. The quantitative estimate of drug-likeness (QED) is 0.0447. The Kier molecular flexibility index (Phi) is 26.4. The highest BCUT2D eigenvalue weighted by Gasteiger charge is 2.64. The number of esters is 1. The molecule has 8 amide bonds. The normalized spacial score (nSPS) is 26.2. The summed E-state index contributed by atoms with van der Waals surface area (Å²) >= 11 is 8.09. The van der Waals surface area contributed by atoms with Crippen LogP contribution in [0.1, 0.15) is 105 Å². The van der Waals surface area contributed by atoms with E-state index in [1.54, 1.807) is 38.1 Å². The van der Waals surface area contributed by atoms with Gasteiger partial charge < -0.3 is 67.7 Å². The summed E-state index contributed by atoms with van der Waals surface area (Å²) in [6.07, 6.45) is 0.129. The number of hydrogen-bond donors (Lipinski definition) is 3. The maximum Gasteiger partial charge on any atom is 0.409 e. The van der Waals surface area contributed by atoms with Crippen LogP contribution in [0.15, 0.2) is 35.9 Å². The number of alkyl carbamates (subject to hydrolysis) is 1. The fourth-order valence-electron chi connectivity index (χ4n) is 10.5. The van der Waals surface area contributed by atoms with Crippen LogP contribution in [0, 0.1) is 5.92 Å². The molecule has 0 spiro atoms. The molecule has 494 valence electrons. The molecule has 4 saturated heterocycles. The maximum absolute atomic E-state index is 14.4. The first kappa shape index (κ1) is 71.8. The molecular weight excluding hydrogens is 1210 g/mol. The molecule has 3 N–H and O–H groups in total. The van der Waals surface area contributed by atoms with Crippen molar-refractivity contribution in [2.45, 2.75) is 158 Å². The number of aliphatic hydroxyl groups is 1. The number of fused-ring (bicyclic) bond motifs is 5. The number of thioether (sulfide) groups is 1. The second-order valence-corrected chi connectivity index (χ2v) is 25.5. The zero-order valence-corrected chi connectivity index (χ0v) is 53.8. The highest BCUT2D eigenvalue weighted by molar-refractivity contribution is 8.02. The van der Waals surface area contributed by atoms with E-state index in [-0.39, 0.29) is 128 Å². The number of rotatable bonds is 29. The Morgan fingerprint density at radius 3 is 2.19 bits per heavy atom. The highest BCUT2D eigenvalue weighted by Crippen LogP contribution is 2.49. The van der Waals surface area contributed by atoms with Gasteiger partial charge in [0.15, 0.2) is 5.72 Å². The fraction of sp³-hybridized carbons (Fsp3) is 0.667. The van der Waals surface area contributed by atoms with E-state index in [0.717, 1.165) is 16.0 Å². The number of carbonyl (C=O) groups is 10. The van der Waals surface area contributed by atoms with Crippen molar-refractivity contribution in [1.29, 1.82) is 0 Å². The van der Waals surface area contributed by atoms with E-state index in [0.29, 0.717) is 22.9 Å². The topological polar surface area (TPSA) is 324 Å². The van der Waals surface area contributed by atoms with Gasteiger partial charge >= 0.3 is 18.0 Å². The molecule has 89 heavy (non-hydrogen) atoms. The van der Waals surface area contributed by atoms with Crippen LogP contribution in [-0.2, 0) is 92.3 Å². The van der Waals surface area contributed by atoms with Crippen LogP contribution in [0.25, 0.3) is 0 Å². The van der Waals surface area contributed by atoms with Gasteiger partial charge in [-0.05, 0) is 51.3 Å². The standard InChI is InChI=1S/C60H85ClN6O21S/c1-36-12-11-13-44(80-10)60(78)35-42(85-57(77)63-60)37(2)54-59(6,87-54)45(34-50(72)65(8)40-31-39(30-36)32-41(79-9)53(40)61)86-56(76)38(3)64(7)47(69)16-19-58(4,5)89-43-33-51(73)66(55(43)75)21-17-46(68)62-20-23-82-25-27-84-29-28-83-26-24-81-22-18-52(74)88-67-48(70)14-15-49(67)71/h11-13,31-32,37-38,42-45,54,78H,14-30,33-35H2,1-10H3,(H,62,68)(H,63,77)/b13-11+,36-12+. The van der Waals surface area contributed by atoms with Gasteiger partial charge in [0.2, 0.25) is 29.5 Å². The van der Waals surface area contributed by atoms with Crippen molar-refractivity contribution in [2.24, 2.45) is 5.92 Å². The molecule has 1 aromatic rings. The Labute approximate surface area is 527 Å². The largest absolute Gasteiger partial charge is 0.495 e. The lowest BCUT2D eigenvalue weighted by molar-refractivity contribution is -0.198. The Morgan fingerprint density at radius 2 is 1.55 bits per heavy atom. The molecule has 4 bridgehead atoms. The number of epoxide rings is 1. The van der Waals surface area contributed by atoms with E-state index in [2.05, 4.69) is 10.6 Å². The first-order chi connectivity index (χ1) is 42.1. The number of amides is 8. The summed E-state index contributed by atoms with van der Waals surface area (Å²) in [5, 5.41) is 17.0. The van der Waals surface area contributed by atoms with E-state index in [1.807, 2.05) is 26.8 Å². The predicted molar refractivity (Wildman–Crippen MR) is 320 cm³/mol. The number of allylic oxidation sites excluding steroid dienone is 3. The van der Waals surface area contributed by atoms with Crippen molar-refractivity contribution in [1.82, 2.24) is 25.5 Å². The summed E-state index contributed by atoms with van der Waals surface area (Å²) in [7, 11) is 5.86. The lowest BCUT2D eigenvalue weighted by Crippen LogP contribution is -2.63. The van der Waals surface area contributed by atoms with Gasteiger partial charge in [-0.25, -0.2) is 14.4 Å². The number of likely N-dealkylation sites (tertiary alicyclic amines) is 1. The summed E-state index contributed by atoms with van der Waals surface area (Å²) in [6, 6.07) is 2.36. The molecule has 5 aliphatic rings. The molecule has 0 saturated carbocycles. The van der Waals surface area contributed by atoms with Gasteiger partial charge in [0, 0.05) is 83.5 Å². The molecule has 0 aromatic heterocycles. The van der Waals surface area contributed by atoms with Crippen LogP contribution in [-0.4, -0.2) is 225 Å². The number of imide groups is 2. The van der Waals surface area contributed by atoms with E-state index >= 15 is 0 Å². The molecule has 4 fully saturated rings. The van der Waals surface area contributed by atoms with Gasteiger partial charge in [-0.3, -0.25) is 43.8 Å². The van der Waals surface area contributed by atoms with Gasteiger partial charge in [-0.15, -0.1) is 16.8 Å². The Bertz CT molecular complexity index is 2810. The van der Waals surface area contributed by atoms with Crippen molar-refractivity contribution in [3.8, 4) is 5.75 Å². The second kappa shape index (κ2) is 32.7. The van der Waals surface area contributed by atoms with E-state index in [1.165, 1.54) is 56.8 Å². The van der Waals surface area contributed by atoms with Gasteiger partial charge in [0.05, 0.1) is 89.8 Å². The summed E-state index contributed by atoms with van der Waals surface area (Å²) in [5.41, 5.74) is -1.26. The lowest BCUT2D eigenvalue weighted by Gasteiger charge is -2.42. The highest BCUT2D eigenvalue weighted by atomic mass is 35.5. The number of ether oxygens (including phenoxy) is 9. The number of carbonyl (C=O) groups excluding carboxylic acids is 10. The molecule has 0 radical (unpaired) electrons. The number of halogens is 1. The Morgan fingerprint density at radius 1 is 0.910 bits per heavy atom. The van der Waals surface area contributed by atoms with Crippen molar-refractivity contribution in [3.05, 3.63) is 46.5 Å². The molecule has 5 aliphatic heterocycles. The first-order valence-electron chi connectivity index (χ1n) is 29.6. The number of benzene rings is 1. The van der Waals surface area contributed by atoms with Crippen LogP contribution in [0.5, 0.6) is 5.75 Å². The maximum atomic E-state index is 14.4. The minimum Gasteiger partial charge on any atom is -0.495 e. The van der Waals surface area contributed by atoms with Gasteiger partial charge in [-0.2, -0.15) is 0 Å². The van der Waals surface area contributed by atoms with Crippen LogP contribution < -0.4 is 20.3 Å². The van der Waals surface area contributed by atoms with Gasteiger partial charge in [0.1, 0.15) is 40.7 Å². The average Bonchev–Trinajstić information content (AvgIpc) is 1.60. The Balaban J connectivity index is 0.929. The second-order valence-electron chi connectivity index (χ2n) is 23.2. The third-order valence-electron chi connectivity index (χ3n) is 16.0. The van der Waals surface area contributed by atoms with Crippen molar-refractivity contribution in [3.63, 3.8) is 0 Å². The monoisotopic (exact) mass is 1290 g/mol. The predicted octanol–water partition coefficient (Wildman–Crippen LogP) is 3.50. The third kappa shape index (κ3) is 19.9. The molecular formula is C60H85ClN6O21S. The first-order valence-corrected chi connectivity index (χ1v) is 30.9. The molecule has 6 rings (SSSR count). The molecule has 27 nitrogen and oxygen atoms in total. The van der Waals surface area contributed by atoms with Gasteiger partial charge in [-0.1, -0.05) is 56.2 Å². The minimum atomic E-state index is -1.90. The number of hydrogen-bond acceptors (Lipinski definition) is 22. The van der Waals surface area contributed by atoms with E-state index in [4.69, 9.17) is 59.1 Å². The number of hydroxylamine groups is 2. The van der Waals surface area contributed by atoms with Crippen LogP contribution in [0.4, 0.5) is 10.5 Å². The SMILES string of the molecule is COc1cc2cc(c1Cl)N(C)C(=O)CC(OC(=O)C(C)N(C)C(=O)CCC(C)(C)SC1CC(=O)N(CCC(=O)NCCOCCOCCOCCOCCC(=O)ON3C(=O)CCC3=O)C1=O)C1(C)OC1C(C)C1CC(O)(NC(=O)O1)C(OC)/C=C/C=C(\C)C2. The lowest BCUT2D eigenvalue weighted by atomic mass is 9.83. The summed E-state index contributed by atoms with van der Waals surface area (Å²) < 4.78 is 50.5. The number of nitrogens with zero attached hydrogens (tertiary/aromatic N) is 4. The summed E-state index contributed by atoms with van der Waals surface area (Å²) in [4.78, 5) is 138. The van der Waals surface area contributed by atoms with Crippen molar-refractivity contribution < 1.29 is 101 Å². The number of methoxy groups -OCH3 is 2. The Hall–Kier alpha value is -6.24. The van der Waals surface area contributed by atoms with Crippen LogP contribution >= 0.6 is 23.4 Å². The van der Waals surface area contributed by atoms with Crippen LogP contribution in [0.2, 0.25) is 5.02 Å². The summed E-state index contributed by atoms with van der Waals surface area (Å²) in [5.74, 6) is -5.14. The third-order valence-corrected chi connectivity index (χ3v) is 17.9. The number of nitrogens with one attached hydrogen (secondary N) is 2. The average molecular weight is 1290 g/mol. The smallest absolute Gasteiger partial charge is 0.409 e. The van der Waals surface area contributed by atoms with Crippen LogP contribution in [0.3, 0.4) is 0 Å². The number of anilines is 1. The molecule has 9 unspecified atom stereocenters. The molecule has 9 atom stereocenters. The molecule has 5 heterocycles. The van der Waals surface area contributed by atoms with E-state index in [9.17, 15) is 53.1 Å². The minimum absolute atomic E-state index is 0.0151. The summed E-state index contributed by atoms with van der Waals surface area (Å²) in [6.45, 7) is 12.4. The molecule has 1 aromatic carbocycles. The van der Waals surface area contributed by atoms with Crippen molar-refractivity contribution in [2.75, 3.05) is 99.2 Å². The molecule has 29 heteroatoms. The fourth-order valence-corrected chi connectivity index (χ4v) is 12.3. The number of likely N-dealkylation sites (N-methyl/N-ethyl adjacent to an activating group) is 1. The zero-order chi connectivity index (χ0) is 65.4. The van der Waals surface area contributed by atoms with E-state index < -0.39 is 118 Å². The van der Waals surface area contributed by atoms with Crippen molar-refractivity contribution >= 4 is 88.4 Å². The van der Waals surface area contributed by atoms with Gasteiger partial charge in [0.25, 0.3) is 11.8 Å². The zero-order valence-electron chi connectivity index (χ0n) is 52.3.